The third-order valence-corrected chi connectivity index (χ3v) is 3.37. The molecule has 1 aliphatic carbocycles. The summed E-state index contributed by atoms with van der Waals surface area (Å²) < 4.78 is 5.44. The van der Waals surface area contributed by atoms with Crippen molar-refractivity contribution >= 4 is 17.6 Å². The summed E-state index contributed by atoms with van der Waals surface area (Å²) in [6, 6.07) is 3.76. The number of pyridine rings is 1. The van der Waals surface area contributed by atoms with Gasteiger partial charge in [0.05, 0.1) is 5.92 Å². The molecule has 3 nitrogen and oxygen atoms in total. The van der Waals surface area contributed by atoms with Crippen LogP contribution in [0, 0.1) is 5.92 Å². The molecule has 0 radical (unpaired) electrons. The molecule has 2 unspecified atom stereocenters. The summed E-state index contributed by atoms with van der Waals surface area (Å²) in [6.45, 7) is 5.67. The number of carbonyl (C=O) groups excluding carboxylic acids is 1. The molecule has 98 valence electrons. The largest absolute Gasteiger partial charge is 0.460 e. The molecule has 1 saturated carbocycles. The maximum absolute atomic E-state index is 12.0. The molecule has 2 atom stereocenters. The van der Waals surface area contributed by atoms with Gasteiger partial charge in [-0.05, 0) is 57.2 Å². The molecule has 4 heteroatoms. The van der Waals surface area contributed by atoms with E-state index in [2.05, 4.69) is 4.98 Å². The second-order valence-corrected chi connectivity index (χ2v) is 6.12. The number of aromatic nitrogens is 1. The van der Waals surface area contributed by atoms with Crippen LogP contribution >= 0.6 is 11.6 Å². The van der Waals surface area contributed by atoms with Gasteiger partial charge < -0.3 is 4.74 Å². The first-order chi connectivity index (χ1) is 8.37. The fraction of sp³-hybridized carbons (Fsp3) is 0.571. The van der Waals surface area contributed by atoms with Crippen molar-refractivity contribution in [1.82, 2.24) is 4.98 Å². The van der Waals surface area contributed by atoms with Crippen LogP contribution in [-0.4, -0.2) is 16.6 Å². The lowest BCUT2D eigenvalue weighted by Crippen LogP contribution is -2.36. The van der Waals surface area contributed by atoms with Crippen LogP contribution in [0.15, 0.2) is 18.3 Å². The van der Waals surface area contributed by atoms with E-state index in [1.165, 1.54) is 0 Å². The SMILES string of the molecule is CC(C)(C)OC(=O)C1CCC1c1ccnc(Cl)c1. The van der Waals surface area contributed by atoms with Crippen LogP contribution in [0.1, 0.15) is 45.1 Å². The van der Waals surface area contributed by atoms with Crippen LogP contribution < -0.4 is 0 Å². The fourth-order valence-corrected chi connectivity index (χ4v) is 2.39. The molecule has 0 amide bonds. The Morgan fingerprint density at radius 3 is 2.67 bits per heavy atom. The van der Waals surface area contributed by atoms with Crippen molar-refractivity contribution < 1.29 is 9.53 Å². The first kappa shape index (κ1) is 13.3. The van der Waals surface area contributed by atoms with Crippen molar-refractivity contribution in [1.29, 1.82) is 0 Å². The van der Waals surface area contributed by atoms with E-state index in [-0.39, 0.29) is 17.8 Å². The van der Waals surface area contributed by atoms with Gasteiger partial charge in [0.2, 0.25) is 0 Å². The lowest BCUT2D eigenvalue weighted by atomic mass is 9.70. The summed E-state index contributed by atoms with van der Waals surface area (Å²) in [5.74, 6) is 0.0785. The average Bonchev–Trinajstić information content (AvgIpc) is 2.12. The second-order valence-electron chi connectivity index (χ2n) is 5.74. The number of carbonyl (C=O) groups is 1. The molecule has 18 heavy (non-hydrogen) atoms. The van der Waals surface area contributed by atoms with E-state index in [4.69, 9.17) is 16.3 Å². The Kier molecular flexibility index (Phi) is 3.62. The third kappa shape index (κ3) is 3.02. The van der Waals surface area contributed by atoms with Crippen LogP contribution in [0.3, 0.4) is 0 Å². The standard InChI is InChI=1S/C14H18ClNO2/c1-14(2,3)18-13(17)11-5-4-10(11)9-6-7-16-12(15)8-9/h6-8,10-11H,4-5H2,1-3H3. The van der Waals surface area contributed by atoms with Gasteiger partial charge in [-0.1, -0.05) is 11.6 Å². The highest BCUT2D eigenvalue weighted by Crippen LogP contribution is 2.43. The predicted molar refractivity (Wildman–Crippen MR) is 70.6 cm³/mol. The summed E-state index contributed by atoms with van der Waals surface area (Å²) in [5, 5.41) is 0.474. The van der Waals surface area contributed by atoms with Gasteiger partial charge >= 0.3 is 5.97 Å². The van der Waals surface area contributed by atoms with E-state index in [1.54, 1.807) is 6.20 Å². The molecule has 0 spiro atoms. The van der Waals surface area contributed by atoms with Crippen LogP contribution in [-0.2, 0) is 9.53 Å². The first-order valence-corrected chi connectivity index (χ1v) is 6.59. The van der Waals surface area contributed by atoms with E-state index >= 15 is 0 Å². The van der Waals surface area contributed by atoms with Gasteiger partial charge in [0.25, 0.3) is 0 Å². The number of rotatable bonds is 2. The van der Waals surface area contributed by atoms with Crippen molar-refractivity contribution in [2.75, 3.05) is 0 Å². The number of hydrogen-bond acceptors (Lipinski definition) is 3. The van der Waals surface area contributed by atoms with E-state index in [0.717, 1.165) is 18.4 Å². The van der Waals surface area contributed by atoms with Gasteiger partial charge in [-0.15, -0.1) is 0 Å². The molecule has 0 aromatic carbocycles. The van der Waals surface area contributed by atoms with Gasteiger partial charge in [-0.25, -0.2) is 4.98 Å². The normalized spacial score (nSPS) is 23.3. The molecule has 1 heterocycles. The second kappa shape index (κ2) is 4.88. The predicted octanol–water partition coefficient (Wildman–Crippen LogP) is 3.57. The molecule has 1 aromatic heterocycles. The summed E-state index contributed by atoms with van der Waals surface area (Å²) in [6.07, 6.45) is 3.58. The highest BCUT2D eigenvalue weighted by atomic mass is 35.5. The average molecular weight is 268 g/mol. The van der Waals surface area contributed by atoms with Crippen LogP contribution in [0.4, 0.5) is 0 Å². The molecule has 1 aliphatic rings. The van der Waals surface area contributed by atoms with Gasteiger partial charge in [0.1, 0.15) is 10.8 Å². The van der Waals surface area contributed by atoms with Crippen molar-refractivity contribution in [3.63, 3.8) is 0 Å². The Labute approximate surface area is 113 Å². The molecule has 1 aromatic rings. The van der Waals surface area contributed by atoms with Gasteiger partial charge in [-0.2, -0.15) is 0 Å². The van der Waals surface area contributed by atoms with Crippen molar-refractivity contribution in [3.8, 4) is 0 Å². The monoisotopic (exact) mass is 267 g/mol. The summed E-state index contributed by atoms with van der Waals surface area (Å²) in [4.78, 5) is 16.0. The number of halogens is 1. The topological polar surface area (TPSA) is 39.2 Å². The van der Waals surface area contributed by atoms with E-state index in [0.29, 0.717) is 5.15 Å². The van der Waals surface area contributed by atoms with Gasteiger partial charge in [0.15, 0.2) is 0 Å². The van der Waals surface area contributed by atoms with E-state index in [9.17, 15) is 4.79 Å². The van der Waals surface area contributed by atoms with Crippen LogP contribution in [0.2, 0.25) is 5.15 Å². The smallest absolute Gasteiger partial charge is 0.310 e. The number of nitrogens with zero attached hydrogens (tertiary/aromatic N) is 1. The summed E-state index contributed by atoms with van der Waals surface area (Å²) >= 11 is 5.88. The van der Waals surface area contributed by atoms with Crippen LogP contribution in [0.5, 0.6) is 0 Å². The first-order valence-electron chi connectivity index (χ1n) is 6.21. The van der Waals surface area contributed by atoms with E-state index in [1.807, 2.05) is 32.9 Å². The molecule has 2 rings (SSSR count). The molecule has 1 fully saturated rings. The van der Waals surface area contributed by atoms with Crippen LogP contribution in [0.25, 0.3) is 0 Å². The van der Waals surface area contributed by atoms with Gasteiger partial charge in [-0.3, -0.25) is 4.79 Å². The zero-order valence-corrected chi connectivity index (χ0v) is 11.7. The maximum Gasteiger partial charge on any atom is 0.310 e. The molecule has 0 N–H and O–H groups in total. The third-order valence-electron chi connectivity index (χ3n) is 3.16. The lowest BCUT2D eigenvalue weighted by Gasteiger charge is -2.36. The van der Waals surface area contributed by atoms with Crippen molar-refractivity contribution in [3.05, 3.63) is 29.0 Å². The Balaban J connectivity index is 2.06. The molecular formula is C14H18ClNO2. The lowest BCUT2D eigenvalue weighted by molar-refractivity contribution is -0.164. The molecule has 0 bridgehead atoms. The maximum atomic E-state index is 12.0. The highest BCUT2D eigenvalue weighted by Gasteiger charge is 2.40. The Hall–Kier alpha value is -1.09. The minimum absolute atomic E-state index is 0.0392. The van der Waals surface area contributed by atoms with Crippen molar-refractivity contribution in [2.45, 2.75) is 45.1 Å². The Morgan fingerprint density at radius 1 is 1.44 bits per heavy atom. The quantitative estimate of drug-likeness (QED) is 0.607. The summed E-state index contributed by atoms with van der Waals surface area (Å²) in [5.41, 5.74) is 0.657. The number of hydrogen-bond donors (Lipinski definition) is 0. The van der Waals surface area contributed by atoms with Crippen molar-refractivity contribution in [2.24, 2.45) is 5.92 Å². The summed E-state index contributed by atoms with van der Waals surface area (Å²) in [7, 11) is 0. The Bertz CT molecular complexity index is 453. The highest BCUT2D eigenvalue weighted by molar-refractivity contribution is 6.29. The number of ether oxygens (including phenoxy) is 1. The zero-order chi connectivity index (χ0) is 13.3. The minimum Gasteiger partial charge on any atom is -0.460 e. The van der Waals surface area contributed by atoms with E-state index < -0.39 is 5.60 Å². The van der Waals surface area contributed by atoms with Gasteiger partial charge in [0, 0.05) is 6.20 Å². The molecular weight excluding hydrogens is 250 g/mol. The molecule has 0 saturated heterocycles. The number of esters is 1. The zero-order valence-electron chi connectivity index (χ0n) is 10.9. The molecule has 0 aliphatic heterocycles. The minimum atomic E-state index is -0.424. The fourth-order valence-electron chi connectivity index (χ4n) is 2.21. The Morgan fingerprint density at radius 2 is 2.17 bits per heavy atom.